The van der Waals surface area contributed by atoms with Gasteiger partial charge in [0.2, 0.25) is 0 Å². The summed E-state index contributed by atoms with van der Waals surface area (Å²) in [6, 6.07) is 10.8. The van der Waals surface area contributed by atoms with Gasteiger partial charge >= 0.3 is 0 Å². The number of nitrogens with zero attached hydrogens (tertiary/aromatic N) is 1. The van der Waals surface area contributed by atoms with E-state index in [1.54, 1.807) is 29.3 Å². The maximum Gasteiger partial charge on any atom is 0.270 e. The number of amides is 2. The van der Waals surface area contributed by atoms with Gasteiger partial charge in [-0.1, -0.05) is 18.2 Å². The highest BCUT2D eigenvalue weighted by atomic mass is 16.2. The number of aromatic nitrogens is 1. The van der Waals surface area contributed by atoms with Crippen LogP contribution in [0.4, 0.5) is 0 Å². The lowest BCUT2D eigenvalue weighted by atomic mass is 10.0. The van der Waals surface area contributed by atoms with Gasteiger partial charge in [-0.05, 0) is 38.0 Å². The van der Waals surface area contributed by atoms with Crippen LogP contribution in [0.15, 0.2) is 42.6 Å². The molecule has 1 aliphatic heterocycles. The highest BCUT2D eigenvalue weighted by Crippen LogP contribution is 2.15. The van der Waals surface area contributed by atoms with E-state index in [9.17, 15) is 14.4 Å². The summed E-state index contributed by atoms with van der Waals surface area (Å²) in [6.07, 6.45) is 2.98. The third-order valence-corrected chi connectivity index (χ3v) is 4.47. The highest BCUT2D eigenvalue weighted by Gasteiger charge is 2.25. The number of benzene rings is 1. The number of nitrogens with one attached hydrogen (secondary N) is 2. The summed E-state index contributed by atoms with van der Waals surface area (Å²) < 4.78 is 0. The van der Waals surface area contributed by atoms with Crippen LogP contribution in [0, 0.1) is 0 Å². The molecule has 0 unspecified atom stereocenters. The second-order valence-corrected chi connectivity index (χ2v) is 6.26. The van der Waals surface area contributed by atoms with Crippen LogP contribution in [0.3, 0.4) is 0 Å². The van der Waals surface area contributed by atoms with Crippen molar-refractivity contribution >= 4 is 17.6 Å². The molecule has 25 heavy (non-hydrogen) atoms. The number of Topliss-reactive ketones (excluding diaryl/α,β-unsaturated/α-hetero) is 1. The van der Waals surface area contributed by atoms with Crippen molar-refractivity contribution in [2.45, 2.75) is 25.8 Å². The molecule has 0 saturated carbocycles. The van der Waals surface area contributed by atoms with E-state index in [-0.39, 0.29) is 23.6 Å². The minimum atomic E-state index is -0.111. The SMILES string of the molecule is CC(=O)c1c[nH]c(C(=O)N2CCC(NC(=O)c3ccccc3)CC2)c1. The second kappa shape index (κ2) is 7.34. The van der Waals surface area contributed by atoms with Crippen molar-refractivity contribution in [2.24, 2.45) is 0 Å². The average molecular weight is 339 g/mol. The van der Waals surface area contributed by atoms with Crippen LogP contribution in [0.2, 0.25) is 0 Å². The van der Waals surface area contributed by atoms with Crippen molar-refractivity contribution < 1.29 is 14.4 Å². The van der Waals surface area contributed by atoms with Gasteiger partial charge in [0, 0.05) is 36.5 Å². The van der Waals surface area contributed by atoms with E-state index in [1.165, 1.54) is 6.92 Å². The van der Waals surface area contributed by atoms with Crippen molar-refractivity contribution in [3.63, 3.8) is 0 Å². The molecule has 1 aromatic heterocycles. The van der Waals surface area contributed by atoms with Crippen LogP contribution in [0.5, 0.6) is 0 Å². The van der Waals surface area contributed by atoms with Crippen molar-refractivity contribution in [3.8, 4) is 0 Å². The number of carbonyl (C=O) groups excluding carboxylic acids is 3. The third kappa shape index (κ3) is 3.96. The topological polar surface area (TPSA) is 82.3 Å². The summed E-state index contributed by atoms with van der Waals surface area (Å²) >= 11 is 0. The largest absolute Gasteiger partial charge is 0.356 e. The molecule has 130 valence electrons. The minimum absolute atomic E-state index is 0.0631. The van der Waals surface area contributed by atoms with Gasteiger partial charge in [-0.15, -0.1) is 0 Å². The maximum absolute atomic E-state index is 12.5. The molecule has 0 radical (unpaired) electrons. The Bertz CT molecular complexity index is 774. The fourth-order valence-electron chi connectivity index (χ4n) is 2.98. The smallest absolute Gasteiger partial charge is 0.270 e. The number of carbonyl (C=O) groups is 3. The predicted octanol–water partition coefficient (Wildman–Crippen LogP) is 2.25. The number of hydrogen-bond acceptors (Lipinski definition) is 3. The van der Waals surface area contributed by atoms with Crippen molar-refractivity contribution in [3.05, 3.63) is 59.4 Å². The molecule has 1 saturated heterocycles. The number of hydrogen-bond donors (Lipinski definition) is 2. The molecular formula is C19H21N3O3. The summed E-state index contributed by atoms with van der Waals surface area (Å²) in [5.41, 5.74) is 1.58. The Morgan fingerprint density at radius 2 is 1.76 bits per heavy atom. The van der Waals surface area contributed by atoms with Gasteiger partial charge in [0.05, 0.1) is 0 Å². The molecule has 6 nitrogen and oxygen atoms in total. The molecule has 2 heterocycles. The van der Waals surface area contributed by atoms with Crippen LogP contribution in [0.25, 0.3) is 0 Å². The first kappa shape index (κ1) is 17.0. The zero-order valence-corrected chi connectivity index (χ0v) is 14.1. The number of H-pyrrole nitrogens is 1. The van der Waals surface area contributed by atoms with Gasteiger partial charge in [-0.25, -0.2) is 0 Å². The van der Waals surface area contributed by atoms with Crippen molar-refractivity contribution in [1.29, 1.82) is 0 Å². The Kier molecular flexibility index (Phi) is 4.97. The second-order valence-electron chi connectivity index (χ2n) is 6.26. The predicted molar refractivity (Wildman–Crippen MR) is 93.6 cm³/mol. The molecule has 0 spiro atoms. The van der Waals surface area contributed by atoms with Crippen LogP contribution in [-0.4, -0.2) is 46.6 Å². The summed E-state index contributed by atoms with van der Waals surface area (Å²) in [4.78, 5) is 40.6. The molecule has 1 fully saturated rings. The standard InChI is InChI=1S/C19H21N3O3/c1-13(23)15-11-17(20-12-15)19(25)22-9-7-16(8-10-22)21-18(24)14-5-3-2-4-6-14/h2-6,11-12,16,20H,7-10H2,1H3,(H,21,24). The summed E-state index contributed by atoms with van der Waals surface area (Å²) in [5, 5.41) is 3.02. The molecular weight excluding hydrogens is 318 g/mol. The fourth-order valence-corrected chi connectivity index (χ4v) is 2.98. The van der Waals surface area contributed by atoms with Gasteiger partial charge < -0.3 is 15.2 Å². The van der Waals surface area contributed by atoms with E-state index in [4.69, 9.17) is 0 Å². The van der Waals surface area contributed by atoms with E-state index in [2.05, 4.69) is 10.3 Å². The van der Waals surface area contributed by atoms with Gasteiger partial charge in [-0.3, -0.25) is 14.4 Å². The number of aromatic amines is 1. The Labute approximate surface area is 146 Å². The third-order valence-electron chi connectivity index (χ3n) is 4.47. The van der Waals surface area contributed by atoms with E-state index >= 15 is 0 Å². The first-order chi connectivity index (χ1) is 12.0. The quantitative estimate of drug-likeness (QED) is 0.838. The number of rotatable bonds is 4. The minimum Gasteiger partial charge on any atom is -0.356 e. The average Bonchev–Trinajstić information content (AvgIpc) is 3.13. The molecule has 2 aromatic rings. The van der Waals surface area contributed by atoms with Crippen LogP contribution >= 0.6 is 0 Å². The summed E-state index contributed by atoms with van der Waals surface area (Å²) in [7, 11) is 0. The lowest BCUT2D eigenvalue weighted by Crippen LogP contribution is -2.46. The van der Waals surface area contributed by atoms with Crippen LogP contribution in [-0.2, 0) is 0 Å². The summed E-state index contributed by atoms with van der Waals surface area (Å²) in [5.74, 6) is -0.265. The van der Waals surface area contributed by atoms with E-state index < -0.39 is 0 Å². The molecule has 0 aliphatic carbocycles. The fraction of sp³-hybridized carbons (Fsp3) is 0.316. The van der Waals surface area contributed by atoms with E-state index in [0.717, 1.165) is 0 Å². The molecule has 0 atom stereocenters. The van der Waals surface area contributed by atoms with Gasteiger partial charge in [-0.2, -0.15) is 0 Å². The zero-order valence-electron chi connectivity index (χ0n) is 14.1. The number of piperidine rings is 1. The Hall–Kier alpha value is -2.89. The van der Waals surface area contributed by atoms with E-state index in [0.29, 0.717) is 42.8 Å². The Morgan fingerprint density at radius 3 is 2.36 bits per heavy atom. The first-order valence-electron chi connectivity index (χ1n) is 8.39. The van der Waals surface area contributed by atoms with Crippen LogP contribution < -0.4 is 5.32 Å². The van der Waals surface area contributed by atoms with Gasteiger partial charge in [0.1, 0.15) is 5.69 Å². The molecule has 0 bridgehead atoms. The van der Waals surface area contributed by atoms with Crippen LogP contribution in [0.1, 0.15) is 51.0 Å². The van der Waals surface area contributed by atoms with Crippen molar-refractivity contribution in [1.82, 2.24) is 15.2 Å². The monoisotopic (exact) mass is 339 g/mol. The highest BCUT2D eigenvalue weighted by molar-refractivity contribution is 5.99. The molecule has 2 amide bonds. The zero-order chi connectivity index (χ0) is 17.8. The normalized spacial score (nSPS) is 15.0. The number of likely N-dealkylation sites (tertiary alicyclic amines) is 1. The van der Waals surface area contributed by atoms with Gasteiger partial charge in [0.25, 0.3) is 11.8 Å². The Balaban J connectivity index is 1.53. The lowest BCUT2D eigenvalue weighted by Gasteiger charge is -2.32. The van der Waals surface area contributed by atoms with E-state index in [1.807, 2.05) is 18.2 Å². The molecule has 1 aliphatic rings. The molecule has 2 N–H and O–H groups in total. The van der Waals surface area contributed by atoms with Crippen molar-refractivity contribution in [2.75, 3.05) is 13.1 Å². The van der Waals surface area contributed by atoms with Gasteiger partial charge in [0.15, 0.2) is 5.78 Å². The summed E-state index contributed by atoms with van der Waals surface area (Å²) in [6.45, 7) is 2.62. The molecule has 3 rings (SSSR count). The first-order valence-corrected chi connectivity index (χ1v) is 8.39. The molecule has 6 heteroatoms. The lowest BCUT2D eigenvalue weighted by molar-refractivity contribution is 0.0693. The number of ketones is 1. The Morgan fingerprint density at radius 1 is 1.08 bits per heavy atom. The maximum atomic E-state index is 12.5. The molecule has 1 aromatic carbocycles.